The molecule has 0 amide bonds. The van der Waals surface area contributed by atoms with Crippen LogP contribution in [0.2, 0.25) is 5.02 Å². The molecule has 0 saturated carbocycles. The van der Waals surface area contributed by atoms with Crippen molar-refractivity contribution in [3.63, 3.8) is 0 Å². The Morgan fingerprint density at radius 2 is 2.22 bits per heavy atom. The average Bonchev–Trinajstić information content (AvgIpc) is 2.40. The maximum Gasteiger partial charge on any atom is 0.137 e. The van der Waals surface area contributed by atoms with Gasteiger partial charge in [-0.15, -0.1) is 0 Å². The van der Waals surface area contributed by atoms with Gasteiger partial charge in [0.2, 0.25) is 0 Å². The quantitative estimate of drug-likeness (QED) is 0.897. The van der Waals surface area contributed by atoms with Crippen LogP contribution in [0.25, 0.3) is 0 Å². The van der Waals surface area contributed by atoms with Crippen LogP contribution in [0.5, 0.6) is 5.75 Å². The van der Waals surface area contributed by atoms with Crippen LogP contribution in [-0.2, 0) is 6.42 Å². The number of rotatable bonds is 5. The van der Waals surface area contributed by atoms with Gasteiger partial charge in [-0.05, 0) is 36.2 Å². The molecule has 0 aliphatic rings. The van der Waals surface area contributed by atoms with Gasteiger partial charge in [0.05, 0.1) is 12.1 Å². The fraction of sp³-hybridized carbons (Fsp3) is 0.214. The number of benzene rings is 1. The molecule has 0 bridgehead atoms. The summed E-state index contributed by atoms with van der Waals surface area (Å²) >= 11 is 6.05. The predicted molar refractivity (Wildman–Crippen MR) is 74.4 cm³/mol. The molecule has 0 radical (unpaired) electrons. The molecule has 0 aliphatic carbocycles. The summed E-state index contributed by atoms with van der Waals surface area (Å²) in [5.41, 5.74) is 2.20. The SMILES string of the molecule is COc1ccc(NCCc2cccnc2)cc1Cl. The third kappa shape index (κ3) is 3.37. The second kappa shape index (κ2) is 6.26. The minimum atomic E-state index is 0.615. The van der Waals surface area contributed by atoms with Crippen molar-refractivity contribution in [2.75, 3.05) is 19.0 Å². The van der Waals surface area contributed by atoms with Crippen molar-refractivity contribution >= 4 is 17.3 Å². The predicted octanol–water partition coefficient (Wildman–Crippen LogP) is 3.40. The number of hydrogen-bond donors (Lipinski definition) is 1. The molecule has 0 atom stereocenters. The molecule has 1 aromatic heterocycles. The van der Waals surface area contributed by atoms with Gasteiger partial charge in [-0.1, -0.05) is 17.7 Å². The zero-order valence-electron chi connectivity index (χ0n) is 10.2. The summed E-state index contributed by atoms with van der Waals surface area (Å²) < 4.78 is 5.11. The van der Waals surface area contributed by atoms with E-state index in [0.717, 1.165) is 18.7 Å². The highest BCUT2D eigenvalue weighted by Crippen LogP contribution is 2.27. The van der Waals surface area contributed by atoms with E-state index in [1.807, 2.05) is 30.5 Å². The number of halogens is 1. The lowest BCUT2D eigenvalue weighted by Crippen LogP contribution is -2.05. The third-order valence-corrected chi connectivity index (χ3v) is 2.91. The lowest BCUT2D eigenvalue weighted by Gasteiger charge is -2.08. The molecule has 0 aliphatic heterocycles. The Bertz CT molecular complexity index is 502. The average molecular weight is 263 g/mol. The van der Waals surface area contributed by atoms with Crippen molar-refractivity contribution < 1.29 is 4.74 Å². The second-order valence-electron chi connectivity index (χ2n) is 3.89. The van der Waals surface area contributed by atoms with Crippen LogP contribution in [0.3, 0.4) is 0 Å². The van der Waals surface area contributed by atoms with Crippen LogP contribution >= 0.6 is 11.6 Å². The molecule has 4 heteroatoms. The molecule has 0 spiro atoms. The lowest BCUT2D eigenvalue weighted by atomic mass is 10.2. The Morgan fingerprint density at radius 3 is 2.89 bits per heavy atom. The summed E-state index contributed by atoms with van der Waals surface area (Å²) in [5.74, 6) is 0.689. The number of aromatic nitrogens is 1. The molecule has 2 rings (SSSR count). The smallest absolute Gasteiger partial charge is 0.137 e. The van der Waals surface area contributed by atoms with E-state index in [2.05, 4.69) is 16.4 Å². The molecule has 2 aromatic rings. The van der Waals surface area contributed by atoms with Gasteiger partial charge in [-0.3, -0.25) is 4.98 Å². The maximum atomic E-state index is 6.05. The Morgan fingerprint density at radius 1 is 1.33 bits per heavy atom. The highest BCUT2D eigenvalue weighted by Gasteiger charge is 2.01. The van der Waals surface area contributed by atoms with E-state index in [9.17, 15) is 0 Å². The van der Waals surface area contributed by atoms with E-state index >= 15 is 0 Å². The number of ether oxygens (including phenoxy) is 1. The zero-order valence-corrected chi connectivity index (χ0v) is 10.9. The summed E-state index contributed by atoms with van der Waals surface area (Å²) in [4.78, 5) is 4.08. The molecule has 94 valence electrons. The second-order valence-corrected chi connectivity index (χ2v) is 4.29. The van der Waals surface area contributed by atoms with Crippen molar-refractivity contribution in [2.24, 2.45) is 0 Å². The van der Waals surface area contributed by atoms with Crippen LogP contribution in [0.4, 0.5) is 5.69 Å². The standard InChI is InChI=1S/C14H15ClN2O/c1-18-14-5-4-12(9-13(14)15)17-8-6-11-3-2-7-16-10-11/h2-5,7,9-10,17H,6,8H2,1H3. The van der Waals surface area contributed by atoms with Crippen molar-refractivity contribution in [1.29, 1.82) is 0 Å². The molecule has 1 aromatic carbocycles. The number of anilines is 1. The van der Waals surface area contributed by atoms with Crippen LogP contribution in [0.1, 0.15) is 5.56 Å². The molecule has 18 heavy (non-hydrogen) atoms. The lowest BCUT2D eigenvalue weighted by molar-refractivity contribution is 0.415. The van der Waals surface area contributed by atoms with Gasteiger partial charge in [0.15, 0.2) is 0 Å². The van der Waals surface area contributed by atoms with E-state index in [1.54, 1.807) is 13.3 Å². The van der Waals surface area contributed by atoms with E-state index in [0.29, 0.717) is 10.8 Å². The van der Waals surface area contributed by atoms with E-state index in [4.69, 9.17) is 16.3 Å². The number of methoxy groups -OCH3 is 1. The number of nitrogens with zero attached hydrogens (tertiary/aromatic N) is 1. The van der Waals surface area contributed by atoms with E-state index in [-0.39, 0.29) is 0 Å². The highest BCUT2D eigenvalue weighted by atomic mass is 35.5. The number of hydrogen-bond acceptors (Lipinski definition) is 3. The first-order valence-corrected chi connectivity index (χ1v) is 6.13. The van der Waals surface area contributed by atoms with Gasteiger partial charge in [-0.2, -0.15) is 0 Å². The Kier molecular flexibility index (Phi) is 4.42. The molecule has 1 N–H and O–H groups in total. The topological polar surface area (TPSA) is 34.1 Å². The Balaban J connectivity index is 1.89. The molecule has 0 unspecified atom stereocenters. The molecule has 3 nitrogen and oxygen atoms in total. The van der Waals surface area contributed by atoms with Crippen LogP contribution in [-0.4, -0.2) is 18.6 Å². The summed E-state index contributed by atoms with van der Waals surface area (Å²) in [6.07, 6.45) is 4.58. The minimum Gasteiger partial charge on any atom is -0.495 e. The number of nitrogens with one attached hydrogen (secondary N) is 1. The van der Waals surface area contributed by atoms with Crippen molar-refractivity contribution in [3.8, 4) is 5.75 Å². The van der Waals surface area contributed by atoms with E-state index in [1.165, 1.54) is 5.56 Å². The van der Waals surface area contributed by atoms with Crippen LogP contribution < -0.4 is 10.1 Å². The summed E-state index contributed by atoms with van der Waals surface area (Å²) in [5, 5.41) is 3.93. The molecule has 1 heterocycles. The van der Waals surface area contributed by atoms with Gasteiger partial charge in [0.1, 0.15) is 5.75 Å². The van der Waals surface area contributed by atoms with Crippen molar-refractivity contribution in [3.05, 3.63) is 53.3 Å². The fourth-order valence-electron chi connectivity index (χ4n) is 1.67. The van der Waals surface area contributed by atoms with Gasteiger partial charge in [-0.25, -0.2) is 0 Å². The summed E-state index contributed by atoms with van der Waals surface area (Å²) in [6, 6.07) is 9.68. The molecule has 0 saturated heterocycles. The normalized spacial score (nSPS) is 10.1. The third-order valence-electron chi connectivity index (χ3n) is 2.62. The van der Waals surface area contributed by atoms with Crippen molar-refractivity contribution in [2.45, 2.75) is 6.42 Å². The van der Waals surface area contributed by atoms with Crippen LogP contribution in [0, 0.1) is 0 Å². The summed E-state index contributed by atoms with van der Waals surface area (Å²) in [7, 11) is 1.61. The largest absolute Gasteiger partial charge is 0.495 e. The Hall–Kier alpha value is -1.74. The molecular weight excluding hydrogens is 248 g/mol. The zero-order chi connectivity index (χ0) is 12.8. The first-order valence-electron chi connectivity index (χ1n) is 5.76. The molecular formula is C14H15ClN2O. The van der Waals surface area contributed by atoms with Gasteiger partial charge in [0, 0.05) is 24.6 Å². The maximum absolute atomic E-state index is 6.05. The number of pyridine rings is 1. The first-order chi connectivity index (χ1) is 8.79. The molecule has 0 fully saturated rings. The minimum absolute atomic E-state index is 0.615. The fourth-order valence-corrected chi connectivity index (χ4v) is 1.93. The van der Waals surface area contributed by atoms with Gasteiger partial charge < -0.3 is 10.1 Å². The Labute approximate surface area is 112 Å². The first kappa shape index (κ1) is 12.7. The van der Waals surface area contributed by atoms with Crippen molar-refractivity contribution in [1.82, 2.24) is 4.98 Å². The summed E-state index contributed by atoms with van der Waals surface area (Å²) in [6.45, 7) is 0.842. The van der Waals surface area contributed by atoms with E-state index < -0.39 is 0 Å². The monoisotopic (exact) mass is 262 g/mol. The van der Waals surface area contributed by atoms with Gasteiger partial charge >= 0.3 is 0 Å². The van der Waals surface area contributed by atoms with Gasteiger partial charge in [0.25, 0.3) is 0 Å². The highest BCUT2D eigenvalue weighted by molar-refractivity contribution is 6.32. The van der Waals surface area contributed by atoms with Crippen LogP contribution in [0.15, 0.2) is 42.7 Å².